The van der Waals surface area contributed by atoms with Crippen molar-refractivity contribution in [1.29, 1.82) is 0 Å². The number of hydrogen-bond acceptors (Lipinski definition) is 16. The molecule has 4 aromatic heterocycles. The van der Waals surface area contributed by atoms with E-state index in [1.807, 2.05) is 27.7 Å². The lowest BCUT2D eigenvalue weighted by Crippen LogP contribution is -2.41. The molecule has 2 N–H and O–H groups in total. The summed E-state index contributed by atoms with van der Waals surface area (Å²) in [4.78, 5) is 57.7. The first-order chi connectivity index (χ1) is 46.3. The van der Waals surface area contributed by atoms with Crippen molar-refractivity contribution in [3.8, 4) is 56.7 Å². The lowest BCUT2D eigenvalue weighted by atomic mass is 9.77. The summed E-state index contributed by atoms with van der Waals surface area (Å²) in [6.45, 7) is 7.84. The average molecular weight is 1440 g/mol. The topological polar surface area (TPSA) is 264 Å². The fraction of sp³-hybridized carbons (Fsp3) is 0.171. The van der Waals surface area contributed by atoms with Crippen molar-refractivity contribution in [2.45, 2.75) is 38.9 Å². The van der Waals surface area contributed by atoms with Crippen molar-refractivity contribution in [1.82, 2.24) is 20.6 Å². The van der Waals surface area contributed by atoms with Gasteiger partial charge in [0, 0.05) is 94.5 Å². The zero-order valence-electron chi connectivity index (χ0n) is 53.8. The first-order valence-corrected chi connectivity index (χ1v) is 34.2. The molecule has 0 aliphatic carbocycles. The summed E-state index contributed by atoms with van der Waals surface area (Å²) < 4.78 is 143. The highest BCUT2D eigenvalue weighted by molar-refractivity contribution is 9.10. The van der Waals surface area contributed by atoms with Crippen LogP contribution in [0.3, 0.4) is 0 Å². The van der Waals surface area contributed by atoms with Gasteiger partial charge >= 0.3 is 7.12 Å². The summed E-state index contributed by atoms with van der Waals surface area (Å²) in [6.07, 6.45) is 3.46. The number of aldehydes is 2. The molecule has 0 spiro atoms. The zero-order valence-corrected chi connectivity index (χ0v) is 57.0. The maximum absolute atomic E-state index is 14.4. The van der Waals surface area contributed by atoms with Crippen LogP contribution in [0.15, 0.2) is 168 Å². The Morgan fingerprint density at radius 2 is 0.939 bits per heavy atom. The minimum Gasteiger partial charge on any atom is -0.455 e. The second-order valence-electron chi connectivity index (χ2n) is 23.7. The van der Waals surface area contributed by atoms with Crippen molar-refractivity contribution >= 4 is 128 Å². The van der Waals surface area contributed by atoms with Crippen LogP contribution in [-0.2, 0) is 29.4 Å². The lowest BCUT2D eigenvalue weighted by Gasteiger charge is -2.32. The molecule has 20 nitrogen and oxygen atoms in total. The molecule has 5 heterocycles. The Labute approximate surface area is 566 Å². The van der Waals surface area contributed by atoms with Crippen molar-refractivity contribution < 1.29 is 80.6 Å². The largest absolute Gasteiger partial charge is 0.494 e. The molecule has 13 rings (SSSR count). The van der Waals surface area contributed by atoms with E-state index in [9.17, 15) is 53.6 Å². The van der Waals surface area contributed by atoms with Gasteiger partial charge in [0.2, 0.25) is 31.8 Å². The van der Waals surface area contributed by atoms with Gasteiger partial charge in [-0.1, -0.05) is 18.2 Å². The van der Waals surface area contributed by atoms with Crippen molar-refractivity contribution in [2.75, 3.05) is 49.3 Å². The van der Waals surface area contributed by atoms with Gasteiger partial charge in [0.15, 0.2) is 22.8 Å². The predicted octanol–water partition coefficient (Wildman–Crippen LogP) is 13.9. The van der Waals surface area contributed by atoms with Crippen LogP contribution in [0, 0.1) is 23.3 Å². The number of halogens is 5. The molecule has 12 aromatic rings. The Kier molecular flexibility index (Phi) is 18.8. The standard InChI is InChI=1S/C32H23F2N3O6S.C20H19BFNO4.C18H16BrFN2O4S/c1-35-31(39)28-23-14-22(19-11-17(16-38)12-20(13-19)32-36-29-24(34)5-4-6-26(29)43-32)25(37(2)44(3,40)41)15-27(23)42-30(28)18-7-9-21(33)10-8-18;1-19(2)20(3,4)27-21(26-19)14-9-12(11-24)8-13(10-14)18-23-17-15(22)6-5-7-16(17)25-18;1-21-18(23)16-12-8-13(19)14(22(2)27(3,24)25)9-15(12)26-17(16)10-4-6-11(20)7-5-10/h4-16H,1-3H3,(H,35,39);5-11H,1-4H3;4-9H,1-3H3,(H,21,23). The molecule has 1 saturated heterocycles. The molecular formula is C70H58BBrF4N6O14S2. The van der Waals surface area contributed by atoms with Crippen molar-refractivity contribution in [2.24, 2.45) is 0 Å². The van der Waals surface area contributed by atoms with E-state index in [1.165, 1.54) is 107 Å². The highest BCUT2D eigenvalue weighted by Crippen LogP contribution is 2.44. The van der Waals surface area contributed by atoms with Gasteiger partial charge in [-0.05, 0) is 170 Å². The minimum atomic E-state index is -3.81. The summed E-state index contributed by atoms with van der Waals surface area (Å²) in [7, 11) is -2.20. The van der Waals surface area contributed by atoms with E-state index in [0.717, 1.165) is 27.4 Å². The number of furan rings is 2. The fourth-order valence-corrected chi connectivity index (χ4v) is 12.4. The quantitative estimate of drug-likeness (QED) is 0.0582. The van der Waals surface area contributed by atoms with E-state index in [4.69, 9.17) is 27.0 Å². The molecule has 502 valence electrons. The maximum atomic E-state index is 14.4. The number of benzene rings is 8. The molecule has 2 amide bonds. The number of oxazole rings is 2. The van der Waals surface area contributed by atoms with Gasteiger partial charge < -0.3 is 37.6 Å². The summed E-state index contributed by atoms with van der Waals surface area (Å²) in [5, 5.41) is 6.00. The first-order valence-electron chi connectivity index (χ1n) is 29.7. The van der Waals surface area contributed by atoms with Gasteiger partial charge in [0.05, 0.1) is 46.2 Å². The molecule has 0 bridgehead atoms. The molecule has 0 atom stereocenters. The summed E-state index contributed by atoms with van der Waals surface area (Å²) in [6, 6.07) is 35.9. The monoisotopic (exact) mass is 1440 g/mol. The van der Waals surface area contributed by atoms with E-state index in [2.05, 4.69) is 36.5 Å². The first kappa shape index (κ1) is 69.1. The molecular weight excluding hydrogens is 1380 g/mol. The van der Waals surface area contributed by atoms with E-state index in [1.54, 1.807) is 66.7 Å². The van der Waals surface area contributed by atoms with Crippen molar-refractivity contribution in [3.05, 3.63) is 196 Å². The number of hydrogen-bond donors (Lipinski definition) is 2. The van der Waals surface area contributed by atoms with Crippen LogP contribution in [0.4, 0.5) is 28.9 Å². The second-order valence-corrected chi connectivity index (χ2v) is 28.6. The van der Waals surface area contributed by atoms with Crippen LogP contribution in [0.25, 0.3) is 101 Å². The van der Waals surface area contributed by atoms with Crippen LogP contribution in [-0.4, -0.2) is 110 Å². The van der Waals surface area contributed by atoms with Gasteiger partial charge in [-0.2, -0.15) is 0 Å². The molecule has 0 unspecified atom stereocenters. The number of sulfonamides is 2. The average Bonchev–Trinajstić information content (AvgIpc) is 1.55. The van der Waals surface area contributed by atoms with Gasteiger partial charge in [-0.25, -0.2) is 44.4 Å². The number of amides is 2. The smallest absolute Gasteiger partial charge is 0.455 e. The van der Waals surface area contributed by atoms with Crippen LogP contribution in [0.5, 0.6) is 0 Å². The third-order valence-electron chi connectivity index (χ3n) is 16.6. The molecule has 1 aliphatic heterocycles. The van der Waals surface area contributed by atoms with E-state index < -0.39 is 67.5 Å². The Hall–Kier alpha value is -10.3. The van der Waals surface area contributed by atoms with Gasteiger partial charge in [-0.3, -0.25) is 27.8 Å². The number of anilines is 2. The molecule has 1 aliphatic rings. The van der Waals surface area contributed by atoms with Crippen LogP contribution in [0.1, 0.15) is 69.1 Å². The highest BCUT2D eigenvalue weighted by Gasteiger charge is 2.52. The zero-order chi connectivity index (χ0) is 70.7. The normalized spacial score (nSPS) is 13.4. The third-order valence-corrected chi connectivity index (χ3v) is 19.7. The number of rotatable bonds is 14. The highest BCUT2D eigenvalue weighted by atomic mass is 79.9. The van der Waals surface area contributed by atoms with Gasteiger partial charge in [-0.15, -0.1) is 0 Å². The number of nitrogens with one attached hydrogen (secondary N) is 2. The van der Waals surface area contributed by atoms with E-state index >= 15 is 0 Å². The molecule has 0 saturated carbocycles. The Morgan fingerprint density at radius 1 is 0.520 bits per heavy atom. The lowest BCUT2D eigenvalue weighted by molar-refractivity contribution is 0.00578. The Bertz CT molecular complexity index is 5410. The number of para-hydroxylation sites is 2. The van der Waals surface area contributed by atoms with E-state index in [0.29, 0.717) is 82.8 Å². The fourth-order valence-electron chi connectivity index (χ4n) is 10.7. The number of carbonyl (C=O) groups is 4. The Morgan fingerprint density at radius 3 is 1.38 bits per heavy atom. The van der Waals surface area contributed by atoms with Gasteiger partial charge in [0.1, 0.15) is 57.9 Å². The van der Waals surface area contributed by atoms with Crippen LogP contribution in [0.2, 0.25) is 0 Å². The minimum absolute atomic E-state index is 0.0152. The maximum Gasteiger partial charge on any atom is 0.494 e. The number of carbonyl (C=O) groups excluding carboxylic acids is 4. The predicted molar refractivity (Wildman–Crippen MR) is 368 cm³/mol. The molecule has 28 heteroatoms. The number of nitrogens with zero attached hydrogens (tertiary/aromatic N) is 4. The number of aromatic nitrogens is 2. The SMILES string of the molecule is CC1(C)OB(c2cc(C=O)cc(-c3nc4c(F)cccc4o3)c2)OC1(C)C.CNC(=O)c1c(-c2ccc(F)cc2)oc2cc(N(C)S(C)(=O)=O)c(-c3cc(C=O)cc(-c4nc5c(F)cccc5o4)c3)cc12.CNC(=O)c1c(-c2ccc(F)cc2)oc2cc(N(C)S(C)(=O)=O)c(Br)cc12. The molecule has 0 radical (unpaired) electrons. The summed E-state index contributed by atoms with van der Waals surface area (Å²) >= 11 is 3.36. The summed E-state index contributed by atoms with van der Waals surface area (Å²) in [5.41, 5.74) is 5.09. The second kappa shape index (κ2) is 26.6. The Balaban J connectivity index is 0.000000156. The van der Waals surface area contributed by atoms with E-state index in [-0.39, 0.29) is 73.8 Å². The third kappa shape index (κ3) is 13.6. The van der Waals surface area contributed by atoms with Crippen LogP contribution >= 0.6 is 15.9 Å². The van der Waals surface area contributed by atoms with Crippen LogP contribution < -0.4 is 24.7 Å². The number of fused-ring (bicyclic) bond motifs is 4. The van der Waals surface area contributed by atoms with Gasteiger partial charge in [0.25, 0.3) is 11.8 Å². The molecule has 1 fully saturated rings. The molecule has 98 heavy (non-hydrogen) atoms. The summed E-state index contributed by atoms with van der Waals surface area (Å²) in [5.74, 6) is -2.08. The molecule has 8 aromatic carbocycles. The van der Waals surface area contributed by atoms with Crippen molar-refractivity contribution in [3.63, 3.8) is 0 Å².